The zero-order valence-corrected chi connectivity index (χ0v) is 15.7. The molecule has 1 aliphatic heterocycles. The molecule has 2 aromatic rings. The van der Waals surface area contributed by atoms with Gasteiger partial charge in [-0.2, -0.15) is 0 Å². The fourth-order valence-electron chi connectivity index (χ4n) is 2.83. The van der Waals surface area contributed by atoms with E-state index in [9.17, 15) is 9.90 Å². The maximum Gasteiger partial charge on any atom is 0.248 e. The van der Waals surface area contributed by atoms with Crippen LogP contribution in [0.5, 0.6) is 0 Å². The average Bonchev–Trinajstić information content (AvgIpc) is 2.73. The zero-order valence-electron chi connectivity index (χ0n) is 15.7. The largest absolute Gasteiger partial charge is 0.394 e. The molecule has 6 heteroatoms. The van der Waals surface area contributed by atoms with E-state index in [1.54, 1.807) is 18.2 Å². The zero-order chi connectivity index (χ0) is 20.4. The molecule has 28 heavy (non-hydrogen) atoms. The van der Waals surface area contributed by atoms with Crippen LogP contribution < -0.4 is 5.73 Å². The van der Waals surface area contributed by atoms with Gasteiger partial charge in [0.05, 0.1) is 25.4 Å². The van der Waals surface area contributed by atoms with Crippen LogP contribution >= 0.6 is 0 Å². The number of primary amides is 1. The molecule has 0 aromatic heterocycles. The van der Waals surface area contributed by atoms with Gasteiger partial charge in [-0.1, -0.05) is 48.5 Å². The molecule has 0 spiro atoms. The first-order valence-electron chi connectivity index (χ1n) is 9.15. The third-order valence-electron chi connectivity index (χ3n) is 4.20. The first-order chi connectivity index (χ1) is 13.5. The number of hydrogen-bond acceptors (Lipinski definition) is 5. The van der Waals surface area contributed by atoms with E-state index in [4.69, 9.17) is 20.3 Å². The smallest absolute Gasteiger partial charge is 0.248 e. The normalized spacial score (nSPS) is 21.3. The minimum Gasteiger partial charge on any atom is -0.394 e. The Morgan fingerprint density at radius 3 is 2.54 bits per heavy atom. The third-order valence-corrected chi connectivity index (χ3v) is 4.20. The van der Waals surface area contributed by atoms with Crippen molar-refractivity contribution in [3.05, 3.63) is 72.8 Å². The molecular formula is C22H27NO5. The summed E-state index contributed by atoms with van der Waals surface area (Å²) < 4.78 is 10.6. The van der Waals surface area contributed by atoms with Crippen molar-refractivity contribution in [3.8, 4) is 11.1 Å². The maximum absolute atomic E-state index is 11.0. The highest BCUT2D eigenvalue weighted by atomic mass is 16.7. The second-order valence-corrected chi connectivity index (χ2v) is 6.43. The monoisotopic (exact) mass is 385 g/mol. The summed E-state index contributed by atoms with van der Waals surface area (Å²) in [6.45, 7) is 3.83. The summed E-state index contributed by atoms with van der Waals surface area (Å²) in [4.78, 5) is 11.0. The summed E-state index contributed by atoms with van der Waals surface area (Å²) in [6.07, 6.45) is 1.39. The van der Waals surface area contributed by atoms with Crippen LogP contribution in [0.15, 0.2) is 67.3 Å². The van der Waals surface area contributed by atoms with Gasteiger partial charge < -0.3 is 25.4 Å². The highest BCUT2D eigenvalue weighted by molar-refractivity contribution is 5.94. The lowest BCUT2D eigenvalue weighted by Gasteiger charge is -2.31. The number of hydrogen-bond donors (Lipinski definition) is 3. The number of ether oxygens (including phenoxy) is 2. The van der Waals surface area contributed by atoms with Crippen molar-refractivity contribution in [1.82, 2.24) is 0 Å². The Morgan fingerprint density at radius 2 is 1.89 bits per heavy atom. The van der Waals surface area contributed by atoms with Crippen LogP contribution in [0.2, 0.25) is 0 Å². The molecule has 1 amide bonds. The number of aliphatic hydroxyl groups excluding tert-OH is 2. The van der Waals surface area contributed by atoms with Gasteiger partial charge in [0, 0.05) is 18.4 Å². The van der Waals surface area contributed by atoms with Gasteiger partial charge in [0.2, 0.25) is 5.91 Å². The van der Waals surface area contributed by atoms with Gasteiger partial charge in [0.1, 0.15) is 0 Å². The van der Waals surface area contributed by atoms with E-state index < -0.39 is 18.3 Å². The van der Waals surface area contributed by atoms with E-state index >= 15 is 0 Å². The van der Waals surface area contributed by atoms with Crippen LogP contribution in [0.4, 0.5) is 0 Å². The fraction of sp³-hybridized carbons (Fsp3) is 0.318. The molecule has 0 bridgehead atoms. The molecule has 150 valence electrons. The highest BCUT2D eigenvalue weighted by Gasteiger charge is 2.28. The predicted octanol–water partition coefficient (Wildman–Crippen LogP) is 2.50. The van der Waals surface area contributed by atoms with Crippen molar-refractivity contribution in [1.29, 1.82) is 0 Å². The van der Waals surface area contributed by atoms with Crippen LogP contribution in [0, 0.1) is 0 Å². The Bertz CT molecular complexity index is 750. The second-order valence-electron chi connectivity index (χ2n) is 6.43. The minimum atomic E-state index is -0.444. The molecule has 1 aliphatic rings. The Morgan fingerprint density at radius 1 is 1.18 bits per heavy atom. The quantitative estimate of drug-likeness (QED) is 0.663. The lowest BCUT2D eigenvalue weighted by Crippen LogP contribution is -2.38. The summed E-state index contributed by atoms with van der Waals surface area (Å²) in [7, 11) is 0. The molecule has 1 fully saturated rings. The summed E-state index contributed by atoms with van der Waals surface area (Å²) in [5, 5.41) is 18.2. The van der Waals surface area contributed by atoms with Gasteiger partial charge in [-0.15, -0.1) is 6.58 Å². The van der Waals surface area contributed by atoms with E-state index in [0.717, 1.165) is 11.1 Å². The Kier molecular flexibility index (Phi) is 8.84. The van der Waals surface area contributed by atoms with E-state index in [0.29, 0.717) is 25.0 Å². The van der Waals surface area contributed by atoms with Crippen molar-refractivity contribution in [3.63, 3.8) is 0 Å². The lowest BCUT2D eigenvalue weighted by molar-refractivity contribution is -0.217. The molecule has 4 N–H and O–H groups in total. The Labute approximate surface area is 165 Å². The Balaban J connectivity index is 0.000000203. The van der Waals surface area contributed by atoms with Crippen molar-refractivity contribution < 1.29 is 24.5 Å². The topological polar surface area (TPSA) is 102 Å². The van der Waals surface area contributed by atoms with Crippen molar-refractivity contribution >= 4 is 5.91 Å². The minimum absolute atomic E-state index is 0.0784. The second kappa shape index (κ2) is 11.4. The van der Waals surface area contributed by atoms with Gasteiger partial charge in [0.15, 0.2) is 6.29 Å². The molecule has 3 atom stereocenters. The SMILES string of the molecule is C=CCOC1CC(O)CC(CO)O1.NC(=O)c1cccc(-c2ccccc2)c1. The van der Waals surface area contributed by atoms with Gasteiger partial charge in [0.25, 0.3) is 0 Å². The van der Waals surface area contributed by atoms with E-state index in [1.165, 1.54) is 0 Å². The van der Waals surface area contributed by atoms with Gasteiger partial charge in [-0.3, -0.25) is 4.79 Å². The van der Waals surface area contributed by atoms with Crippen LogP contribution in [-0.2, 0) is 9.47 Å². The summed E-state index contributed by atoms with van der Waals surface area (Å²) >= 11 is 0. The van der Waals surface area contributed by atoms with Crippen molar-refractivity contribution in [2.75, 3.05) is 13.2 Å². The lowest BCUT2D eigenvalue weighted by atomic mass is 10.0. The van der Waals surface area contributed by atoms with Crippen molar-refractivity contribution in [2.45, 2.75) is 31.3 Å². The fourth-order valence-corrected chi connectivity index (χ4v) is 2.83. The van der Waals surface area contributed by atoms with Crippen LogP contribution in [0.1, 0.15) is 23.2 Å². The molecule has 3 unspecified atom stereocenters. The Hall–Kier alpha value is -2.51. The van der Waals surface area contributed by atoms with Gasteiger partial charge in [-0.05, 0) is 23.3 Å². The van der Waals surface area contributed by atoms with Crippen LogP contribution in [0.25, 0.3) is 11.1 Å². The highest BCUT2D eigenvalue weighted by Crippen LogP contribution is 2.20. The molecule has 0 aliphatic carbocycles. The molecule has 0 radical (unpaired) electrons. The van der Waals surface area contributed by atoms with E-state index in [2.05, 4.69) is 6.58 Å². The standard InChI is InChI=1S/C13H11NO.C9H16O4/c14-13(15)12-8-4-7-11(9-12)10-5-2-1-3-6-10;1-2-3-12-9-5-7(11)4-8(6-10)13-9/h1-9H,(H2,14,15);2,7-11H,1,3-6H2. The number of carbonyl (C=O) groups is 1. The first-order valence-corrected chi connectivity index (χ1v) is 9.15. The van der Waals surface area contributed by atoms with Gasteiger partial charge >= 0.3 is 0 Å². The number of carbonyl (C=O) groups excluding carboxylic acids is 1. The first kappa shape index (κ1) is 21.8. The summed E-state index contributed by atoms with van der Waals surface area (Å²) in [6, 6.07) is 17.2. The molecule has 6 nitrogen and oxygen atoms in total. The van der Waals surface area contributed by atoms with Gasteiger partial charge in [-0.25, -0.2) is 0 Å². The number of rotatable bonds is 6. The molecule has 2 aromatic carbocycles. The maximum atomic E-state index is 11.0. The number of amides is 1. The summed E-state index contributed by atoms with van der Waals surface area (Å²) in [5.74, 6) is -0.396. The molecule has 0 saturated carbocycles. The molecule has 1 saturated heterocycles. The van der Waals surface area contributed by atoms with Crippen LogP contribution in [-0.4, -0.2) is 47.8 Å². The van der Waals surface area contributed by atoms with Crippen molar-refractivity contribution in [2.24, 2.45) is 5.73 Å². The van der Waals surface area contributed by atoms with E-state index in [-0.39, 0.29) is 12.7 Å². The predicted molar refractivity (Wildman–Crippen MR) is 108 cm³/mol. The van der Waals surface area contributed by atoms with E-state index in [1.807, 2.05) is 42.5 Å². The number of benzene rings is 2. The number of aliphatic hydroxyl groups is 2. The molecule has 1 heterocycles. The average molecular weight is 385 g/mol. The van der Waals surface area contributed by atoms with Crippen LogP contribution in [0.3, 0.4) is 0 Å². The number of nitrogens with two attached hydrogens (primary N) is 1. The molecular weight excluding hydrogens is 358 g/mol. The molecule has 3 rings (SSSR count). The summed E-state index contributed by atoms with van der Waals surface area (Å²) in [5.41, 5.74) is 7.85. The third kappa shape index (κ3) is 6.90.